The zero-order valence-corrected chi connectivity index (χ0v) is 17.2. The number of benzene rings is 2. The molecule has 0 fully saturated rings. The van der Waals surface area contributed by atoms with Crippen molar-refractivity contribution in [2.24, 2.45) is 0 Å². The van der Waals surface area contributed by atoms with Gasteiger partial charge in [0.25, 0.3) is 11.8 Å². The van der Waals surface area contributed by atoms with Crippen LogP contribution in [0.3, 0.4) is 0 Å². The Kier molecular flexibility index (Phi) is 5.98. The van der Waals surface area contributed by atoms with Crippen molar-refractivity contribution in [1.29, 1.82) is 0 Å². The van der Waals surface area contributed by atoms with Gasteiger partial charge in [-0.2, -0.15) is 0 Å². The number of aryl methyl sites for hydroxylation is 2. The molecule has 0 atom stereocenters. The molecule has 0 N–H and O–H groups in total. The van der Waals surface area contributed by atoms with Gasteiger partial charge < -0.3 is 4.90 Å². The lowest BCUT2D eigenvalue weighted by molar-refractivity contribution is -0.136. The van der Waals surface area contributed by atoms with Crippen molar-refractivity contribution in [3.05, 3.63) is 70.9 Å². The second-order valence-electron chi connectivity index (χ2n) is 7.41. The molecule has 0 aromatic heterocycles. The second kappa shape index (κ2) is 8.42. The van der Waals surface area contributed by atoms with E-state index in [0.29, 0.717) is 17.8 Å². The molecule has 2 amide bonds. The fourth-order valence-electron chi connectivity index (χ4n) is 3.71. The van der Waals surface area contributed by atoms with Crippen LogP contribution >= 0.6 is 0 Å². The lowest BCUT2D eigenvalue weighted by atomic mass is 9.97. The number of carbonyl (C=O) groups excluding carboxylic acids is 2. The highest BCUT2D eigenvalue weighted by molar-refractivity contribution is 6.36. The molecule has 2 aromatic carbocycles. The van der Waals surface area contributed by atoms with E-state index in [-0.39, 0.29) is 11.8 Å². The SMILES string of the molecule is CCCCCN1C(=O)C(c2ccc(C)cc2C)=C(N(C)c2ccccc2)C1=O. The first-order chi connectivity index (χ1) is 13.5. The number of para-hydroxylation sites is 1. The molecule has 0 saturated carbocycles. The smallest absolute Gasteiger partial charge is 0.278 e. The topological polar surface area (TPSA) is 40.6 Å². The highest BCUT2D eigenvalue weighted by atomic mass is 16.2. The van der Waals surface area contributed by atoms with Gasteiger partial charge in [0, 0.05) is 19.3 Å². The van der Waals surface area contributed by atoms with E-state index in [0.717, 1.165) is 41.6 Å². The van der Waals surface area contributed by atoms with E-state index in [1.807, 2.05) is 68.3 Å². The normalized spacial score (nSPS) is 14.2. The summed E-state index contributed by atoms with van der Waals surface area (Å²) in [6, 6.07) is 15.7. The van der Waals surface area contributed by atoms with E-state index in [2.05, 4.69) is 13.0 Å². The molecule has 0 saturated heterocycles. The molecule has 2 aromatic rings. The number of carbonyl (C=O) groups is 2. The summed E-state index contributed by atoms with van der Waals surface area (Å²) in [6.45, 7) is 6.60. The summed E-state index contributed by atoms with van der Waals surface area (Å²) in [5.74, 6) is -0.395. The van der Waals surface area contributed by atoms with Gasteiger partial charge >= 0.3 is 0 Å². The minimum absolute atomic E-state index is 0.189. The molecule has 0 radical (unpaired) electrons. The minimum atomic E-state index is -0.206. The lowest BCUT2D eigenvalue weighted by Gasteiger charge is -2.21. The standard InChI is InChI=1S/C24H28N2O2/c1-5-6-10-15-26-23(27)21(20-14-13-17(2)16-18(20)3)22(24(26)28)25(4)19-11-8-7-9-12-19/h7-9,11-14,16H,5-6,10,15H2,1-4H3. The fourth-order valence-corrected chi connectivity index (χ4v) is 3.71. The molecule has 1 heterocycles. The predicted molar refractivity (Wildman–Crippen MR) is 114 cm³/mol. The molecule has 28 heavy (non-hydrogen) atoms. The van der Waals surface area contributed by atoms with Crippen molar-refractivity contribution in [1.82, 2.24) is 4.90 Å². The molecule has 0 aliphatic carbocycles. The Labute approximate surface area is 167 Å². The number of anilines is 1. The number of rotatable bonds is 7. The van der Waals surface area contributed by atoms with Crippen LogP contribution in [0.2, 0.25) is 0 Å². The molecule has 146 valence electrons. The Morgan fingerprint density at radius 3 is 2.29 bits per heavy atom. The quantitative estimate of drug-likeness (QED) is 0.519. The number of unbranched alkanes of at least 4 members (excludes halogenated alkanes) is 2. The van der Waals surface area contributed by atoms with Crippen molar-refractivity contribution in [3.8, 4) is 0 Å². The van der Waals surface area contributed by atoms with Gasteiger partial charge in [-0.05, 0) is 43.5 Å². The molecule has 1 aliphatic heterocycles. The first-order valence-electron chi connectivity index (χ1n) is 9.92. The zero-order chi connectivity index (χ0) is 20.3. The maximum absolute atomic E-state index is 13.3. The molecular formula is C24H28N2O2. The summed E-state index contributed by atoms with van der Waals surface area (Å²) in [5, 5.41) is 0. The third kappa shape index (κ3) is 3.72. The van der Waals surface area contributed by atoms with Crippen molar-refractivity contribution in [3.63, 3.8) is 0 Å². The Morgan fingerprint density at radius 2 is 1.64 bits per heavy atom. The summed E-state index contributed by atoms with van der Waals surface area (Å²) in [4.78, 5) is 29.9. The van der Waals surface area contributed by atoms with E-state index in [9.17, 15) is 9.59 Å². The van der Waals surface area contributed by atoms with Crippen LogP contribution < -0.4 is 4.90 Å². The Morgan fingerprint density at radius 1 is 0.929 bits per heavy atom. The Hall–Kier alpha value is -2.88. The van der Waals surface area contributed by atoms with Crippen LogP contribution in [0.15, 0.2) is 54.2 Å². The Bertz CT molecular complexity index is 915. The molecular weight excluding hydrogens is 348 g/mol. The summed E-state index contributed by atoms with van der Waals surface area (Å²) in [6.07, 6.45) is 2.88. The number of likely N-dealkylation sites (N-methyl/N-ethyl adjacent to an activating group) is 1. The first kappa shape index (κ1) is 19.9. The van der Waals surface area contributed by atoms with Crippen molar-refractivity contribution < 1.29 is 9.59 Å². The summed E-state index contributed by atoms with van der Waals surface area (Å²) in [5.41, 5.74) is 4.82. The van der Waals surface area contributed by atoms with Crippen LogP contribution in [0.4, 0.5) is 5.69 Å². The Balaban J connectivity index is 2.10. The van der Waals surface area contributed by atoms with Gasteiger partial charge in [-0.25, -0.2) is 0 Å². The maximum Gasteiger partial charge on any atom is 0.278 e. The predicted octanol–water partition coefficient (Wildman–Crippen LogP) is 4.71. The molecule has 0 bridgehead atoms. The highest BCUT2D eigenvalue weighted by Gasteiger charge is 2.41. The summed E-state index contributed by atoms with van der Waals surface area (Å²) in [7, 11) is 1.86. The summed E-state index contributed by atoms with van der Waals surface area (Å²) >= 11 is 0. The first-order valence-corrected chi connectivity index (χ1v) is 9.92. The van der Waals surface area contributed by atoms with Gasteiger partial charge in [0.2, 0.25) is 0 Å². The summed E-state index contributed by atoms with van der Waals surface area (Å²) < 4.78 is 0. The average Bonchev–Trinajstić information content (AvgIpc) is 2.93. The van der Waals surface area contributed by atoms with Crippen LogP contribution in [0.25, 0.3) is 5.57 Å². The van der Waals surface area contributed by atoms with Gasteiger partial charge in [0.1, 0.15) is 5.70 Å². The third-order valence-corrected chi connectivity index (χ3v) is 5.26. The fraction of sp³-hybridized carbons (Fsp3) is 0.333. The van der Waals surface area contributed by atoms with Gasteiger partial charge in [-0.15, -0.1) is 0 Å². The maximum atomic E-state index is 13.3. The molecule has 0 spiro atoms. The van der Waals surface area contributed by atoms with Crippen molar-refractivity contribution in [2.45, 2.75) is 40.0 Å². The number of amides is 2. The molecule has 4 nitrogen and oxygen atoms in total. The van der Waals surface area contributed by atoms with Crippen LogP contribution in [0.5, 0.6) is 0 Å². The van der Waals surface area contributed by atoms with Crippen molar-refractivity contribution in [2.75, 3.05) is 18.5 Å². The van der Waals surface area contributed by atoms with E-state index in [1.54, 1.807) is 0 Å². The number of hydrogen-bond acceptors (Lipinski definition) is 3. The number of nitrogens with zero attached hydrogens (tertiary/aromatic N) is 2. The zero-order valence-electron chi connectivity index (χ0n) is 17.2. The van der Waals surface area contributed by atoms with E-state index < -0.39 is 0 Å². The van der Waals surface area contributed by atoms with Gasteiger partial charge in [-0.3, -0.25) is 14.5 Å². The second-order valence-corrected chi connectivity index (χ2v) is 7.41. The van der Waals surface area contributed by atoms with Crippen LogP contribution in [0.1, 0.15) is 42.9 Å². The number of imide groups is 1. The van der Waals surface area contributed by atoms with Gasteiger partial charge in [-0.1, -0.05) is 61.7 Å². The number of hydrogen-bond donors (Lipinski definition) is 0. The van der Waals surface area contributed by atoms with E-state index in [4.69, 9.17) is 0 Å². The van der Waals surface area contributed by atoms with E-state index in [1.165, 1.54) is 4.90 Å². The lowest BCUT2D eigenvalue weighted by Crippen LogP contribution is -2.35. The van der Waals surface area contributed by atoms with Crippen LogP contribution in [-0.2, 0) is 9.59 Å². The molecule has 1 aliphatic rings. The molecule has 3 rings (SSSR count). The molecule has 4 heteroatoms. The van der Waals surface area contributed by atoms with E-state index >= 15 is 0 Å². The van der Waals surface area contributed by atoms with Crippen LogP contribution in [-0.4, -0.2) is 30.3 Å². The van der Waals surface area contributed by atoms with Crippen LogP contribution in [0, 0.1) is 13.8 Å². The largest absolute Gasteiger partial charge is 0.339 e. The van der Waals surface area contributed by atoms with Crippen molar-refractivity contribution >= 4 is 23.1 Å². The van der Waals surface area contributed by atoms with Gasteiger partial charge in [0.05, 0.1) is 5.57 Å². The minimum Gasteiger partial charge on any atom is -0.339 e. The highest BCUT2D eigenvalue weighted by Crippen LogP contribution is 2.35. The average molecular weight is 377 g/mol. The molecule has 0 unspecified atom stereocenters. The third-order valence-electron chi connectivity index (χ3n) is 5.26. The monoisotopic (exact) mass is 376 g/mol. The van der Waals surface area contributed by atoms with Gasteiger partial charge in [0.15, 0.2) is 0 Å².